The van der Waals surface area contributed by atoms with E-state index in [9.17, 15) is 4.79 Å². The summed E-state index contributed by atoms with van der Waals surface area (Å²) in [5, 5.41) is 2.84. The summed E-state index contributed by atoms with van der Waals surface area (Å²) in [5.41, 5.74) is 0. The van der Waals surface area contributed by atoms with Crippen LogP contribution in [0.25, 0.3) is 0 Å². The molecule has 0 saturated heterocycles. The lowest BCUT2D eigenvalue weighted by Crippen LogP contribution is -2.38. The highest BCUT2D eigenvalue weighted by molar-refractivity contribution is 5.73. The molecular formula is C15H24N2O3. The number of benzene rings is 1. The molecule has 1 rings (SSSR count). The highest BCUT2D eigenvalue weighted by Gasteiger charge is 2.06. The zero-order chi connectivity index (χ0) is 14.6. The first-order valence-electron chi connectivity index (χ1n) is 6.90. The summed E-state index contributed by atoms with van der Waals surface area (Å²) in [6, 6.07) is 9.62. The molecule has 0 aliphatic heterocycles. The smallest absolute Gasteiger partial charge is 0.317 e. The number of methoxy groups -OCH3 is 1. The predicted octanol–water partition coefficient (Wildman–Crippen LogP) is 2.13. The molecule has 0 fully saturated rings. The van der Waals surface area contributed by atoms with Crippen LogP contribution in [0.3, 0.4) is 0 Å². The van der Waals surface area contributed by atoms with Gasteiger partial charge in [0.2, 0.25) is 0 Å². The SMILES string of the molecule is COCCCNC(=O)N(C)CCCOc1ccccc1. The number of carbonyl (C=O) groups excluding carboxylic acids is 1. The Bertz CT molecular complexity index is 371. The summed E-state index contributed by atoms with van der Waals surface area (Å²) in [5.74, 6) is 0.860. The Balaban J connectivity index is 2.07. The number of nitrogens with one attached hydrogen (secondary N) is 1. The molecule has 112 valence electrons. The second-order valence-corrected chi connectivity index (χ2v) is 4.51. The summed E-state index contributed by atoms with van der Waals surface area (Å²) in [4.78, 5) is 13.4. The number of rotatable bonds is 9. The minimum Gasteiger partial charge on any atom is -0.494 e. The van der Waals surface area contributed by atoms with Crippen molar-refractivity contribution in [3.8, 4) is 5.75 Å². The first kappa shape index (κ1) is 16.3. The standard InChI is InChI=1S/C15H24N2O3/c1-17(15(18)16-10-6-12-19-2)11-7-13-20-14-8-4-3-5-9-14/h3-5,8-9H,6-7,10-13H2,1-2H3,(H,16,18). The number of ether oxygens (including phenoxy) is 2. The lowest BCUT2D eigenvalue weighted by atomic mass is 10.3. The van der Waals surface area contributed by atoms with Crippen LogP contribution in [0.5, 0.6) is 5.75 Å². The summed E-state index contributed by atoms with van der Waals surface area (Å²) < 4.78 is 10.5. The van der Waals surface area contributed by atoms with Crippen molar-refractivity contribution in [3.05, 3.63) is 30.3 Å². The summed E-state index contributed by atoms with van der Waals surface area (Å²) >= 11 is 0. The van der Waals surface area contributed by atoms with Crippen LogP contribution in [-0.2, 0) is 4.74 Å². The summed E-state index contributed by atoms with van der Waals surface area (Å²) in [6.07, 6.45) is 1.63. The molecule has 5 heteroatoms. The minimum atomic E-state index is -0.0548. The molecule has 0 bridgehead atoms. The van der Waals surface area contributed by atoms with Crippen molar-refractivity contribution >= 4 is 6.03 Å². The molecule has 1 N–H and O–H groups in total. The van der Waals surface area contributed by atoms with Crippen molar-refractivity contribution in [2.45, 2.75) is 12.8 Å². The van der Waals surface area contributed by atoms with Crippen LogP contribution in [0.1, 0.15) is 12.8 Å². The molecule has 0 spiro atoms. The van der Waals surface area contributed by atoms with Gasteiger partial charge in [0, 0.05) is 33.9 Å². The summed E-state index contributed by atoms with van der Waals surface area (Å²) in [7, 11) is 3.44. The molecule has 0 unspecified atom stereocenters. The fraction of sp³-hybridized carbons (Fsp3) is 0.533. The fourth-order valence-corrected chi connectivity index (χ4v) is 1.66. The highest BCUT2D eigenvalue weighted by atomic mass is 16.5. The van der Waals surface area contributed by atoms with E-state index >= 15 is 0 Å². The molecule has 5 nitrogen and oxygen atoms in total. The first-order valence-corrected chi connectivity index (χ1v) is 6.90. The van der Waals surface area contributed by atoms with Gasteiger partial charge in [-0.05, 0) is 25.0 Å². The van der Waals surface area contributed by atoms with Gasteiger partial charge in [-0.1, -0.05) is 18.2 Å². The molecule has 2 amide bonds. The van der Waals surface area contributed by atoms with Crippen molar-refractivity contribution in [1.29, 1.82) is 0 Å². The number of carbonyl (C=O) groups is 1. The second kappa shape index (κ2) is 10.1. The molecule has 0 radical (unpaired) electrons. The summed E-state index contributed by atoms with van der Waals surface area (Å²) in [6.45, 7) is 2.57. The van der Waals surface area contributed by atoms with E-state index in [1.807, 2.05) is 30.3 Å². The molecule has 20 heavy (non-hydrogen) atoms. The molecular weight excluding hydrogens is 256 g/mol. The van der Waals surface area contributed by atoms with Gasteiger partial charge in [0.15, 0.2) is 0 Å². The molecule has 1 aromatic carbocycles. The Kier molecular flexibility index (Phi) is 8.22. The molecule has 0 heterocycles. The molecule has 0 aromatic heterocycles. The highest BCUT2D eigenvalue weighted by Crippen LogP contribution is 2.08. The largest absolute Gasteiger partial charge is 0.494 e. The van der Waals surface area contributed by atoms with Crippen LogP contribution in [0.2, 0.25) is 0 Å². The van der Waals surface area contributed by atoms with Crippen molar-refractivity contribution in [1.82, 2.24) is 10.2 Å². The molecule has 0 atom stereocenters. The van der Waals surface area contributed by atoms with Gasteiger partial charge in [-0.2, -0.15) is 0 Å². The van der Waals surface area contributed by atoms with Crippen LogP contribution in [0, 0.1) is 0 Å². The normalized spacial score (nSPS) is 10.1. The van der Waals surface area contributed by atoms with Gasteiger partial charge in [0.1, 0.15) is 5.75 Å². The molecule has 0 saturated carbocycles. The Hall–Kier alpha value is -1.75. The van der Waals surface area contributed by atoms with Crippen LogP contribution < -0.4 is 10.1 Å². The van der Waals surface area contributed by atoms with Crippen molar-refractivity contribution < 1.29 is 14.3 Å². The number of para-hydroxylation sites is 1. The Labute approximate surface area is 120 Å². The molecule has 1 aromatic rings. The topological polar surface area (TPSA) is 50.8 Å². The minimum absolute atomic E-state index is 0.0548. The van der Waals surface area contributed by atoms with Gasteiger partial charge in [-0.3, -0.25) is 0 Å². The van der Waals surface area contributed by atoms with Crippen LogP contribution in [0.4, 0.5) is 4.79 Å². The third-order valence-electron chi connectivity index (χ3n) is 2.80. The quantitative estimate of drug-likeness (QED) is 0.705. The van der Waals surface area contributed by atoms with Gasteiger partial charge in [0.25, 0.3) is 0 Å². The third kappa shape index (κ3) is 6.99. The monoisotopic (exact) mass is 280 g/mol. The zero-order valence-corrected chi connectivity index (χ0v) is 12.3. The van der Waals surface area contributed by atoms with E-state index in [1.165, 1.54) is 0 Å². The maximum Gasteiger partial charge on any atom is 0.317 e. The number of urea groups is 1. The number of nitrogens with zero attached hydrogens (tertiary/aromatic N) is 1. The van der Waals surface area contributed by atoms with Gasteiger partial charge in [-0.25, -0.2) is 4.79 Å². The van der Waals surface area contributed by atoms with Crippen LogP contribution >= 0.6 is 0 Å². The number of hydrogen-bond acceptors (Lipinski definition) is 3. The average Bonchev–Trinajstić information content (AvgIpc) is 2.48. The molecule has 0 aliphatic carbocycles. The van der Waals surface area contributed by atoms with Gasteiger partial charge in [-0.15, -0.1) is 0 Å². The Morgan fingerprint density at radius 1 is 1.20 bits per heavy atom. The zero-order valence-electron chi connectivity index (χ0n) is 12.3. The van der Waals surface area contributed by atoms with Crippen molar-refractivity contribution in [3.63, 3.8) is 0 Å². The van der Waals surface area contributed by atoms with E-state index in [2.05, 4.69) is 5.32 Å². The Morgan fingerprint density at radius 3 is 2.65 bits per heavy atom. The fourth-order valence-electron chi connectivity index (χ4n) is 1.66. The van der Waals surface area contributed by atoms with E-state index in [-0.39, 0.29) is 6.03 Å². The van der Waals surface area contributed by atoms with E-state index in [0.717, 1.165) is 18.6 Å². The maximum absolute atomic E-state index is 11.7. The van der Waals surface area contributed by atoms with E-state index < -0.39 is 0 Å². The van der Waals surface area contributed by atoms with Crippen LogP contribution in [-0.4, -0.2) is 51.4 Å². The lowest BCUT2D eigenvalue weighted by molar-refractivity contribution is 0.187. The molecule has 0 aliphatic rings. The maximum atomic E-state index is 11.7. The van der Waals surface area contributed by atoms with Gasteiger partial charge in [0.05, 0.1) is 6.61 Å². The average molecular weight is 280 g/mol. The third-order valence-corrected chi connectivity index (χ3v) is 2.80. The van der Waals surface area contributed by atoms with Crippen molar-refractivity contribution in [2.75, 3.05) is 40.5 Å². The van der Waals surface area contributed by atoms with E-state index in [4.69, 9.17) is 9.47 Å². The second-order valence-electron chi connectivity index (χ2n) is 4.51. The van der Waals surface area contributed by atoms with Gasteiger partial charge < -0.3 is 19.7 Å². The lowest BCUT2D eigenvalue weighted by Gasteiger charge is -2.18. The van der Waals surface area contributed by atoms with Crippen LogP contribution in [0.15, 0.2) is 30.3 Å². The first-order chi connectivity index (χ1) is 9.74. The predicted molar refractivity (Wildman–Crippen MR) is 79.1 cm³/mol. The number of hydrogen-bond donors (Lipinski definition) is 1. The Morgan fingerprint density at radius 2 is 1.95 bits per heavy atom. The van der Waals surface area contributed by atoms with E-state index in [1.54, 1.807) is 19.1 Å². The van der Waals surface area contributed by atoms with Crippen molar-refractivity contribution in [2.24, 2.45) is 0 Å². The van der Waals surface area contributed by atoms with Gasteiger partial charge >= 0.3 is 6.03 Å². The number of amides is 2. The van der Waals surface area contributed by atoms with E-state index in [0.29, 0.717) is 26.3 Å².